The predicted octanol–water partition coefficient (Wildman–Crippen LogP) is 2.59. The van der Waals surface area contributed by atoms with Crippen molar-refractivity contribution >= 4 is 18.0 Å². The number of carbonyl (C=O) groups excluding carboxylic acids is 2. The molecule has 0 fully saturated rings. The Morgan fingerprint density at radius 1 is 1.09 bits per heavy atom. The number of rotatable bonds is 8. The summed E-state index contributed by atoms with van der Waals surface area (Å²) in [5.74, 6) is -1.76. The lowest BCUT2D eigenvalue weighted by Crippen LogP contribution is -2.36. The molecule has 1 atom stereocenters. The fourth-order valence-electron chi connectivity index (χ4n) is 4.04. The Balaban J connectivity index is 1.26. The molecule has 1 unspecified atom stereocenters. The minimum absolute atomic E-state index is 0.0158. The van der Waals surface area contributed by atoms with E-state index in [9.17, 15) is 19.5 Å². The molecular weight excluding hydrogens is 424 g/mol. The largest absolute Gasteiger partial charge is 0.479 e. The molecule has 2 aromatic carbocycles. The topological polar surface area (TPSA) is 123 Å². The summed E-state index contributed by atoms with van der Waals surface area (Å²) in [5.41, 5.74) is 4.87. The van der Waals surface area contributed by atoms with Gasteiger partial charge < -0.3 is 20.5 Å². The van der Waals surface area contributed by atoms with E-state index in [0.717, 1.165) is 22.3 Å². The molecule has 0 radical (unpaired) electrons. The van der Waals surface area contributed by atoms with Crippen LogP contribution in [0.3, 0.4) is 0 Å². The number of aromatic nitrogens is 2. The quantitative estimate of drug-likeness (QED) is 0.487. The summed E-state index contributed by atoms with van der Waals surface area (Å²) in [6, 6.07) is 14.9. The number of hydrogen-bond donors (Lipinski definition) is 3. The summed E-state index contributed by atoms with van der Waals surface area (Å²) in [6.45, 7) is 0.191. The predicted molar refractivity (Wildman–Crippen MR) is 119 cm³/mol. The molecule has 0 spiro atoms. The Hall–Kier alpha value is -4.14. The Morgan fingerprint density at radius 2 is 1.73 bits per heavy atom. The maximum Gasteiger partial charge on any atom is 0.407 e. The maximum atomic E-state index is 12.2. The Morgan fingerprint density at radius 3 is 2.30 bits per heavy atom. The van der Waals surface area contributed by atoms with Crippen LogP contribution in [0.2, 0.25) is 0 Å². The first-order chi connectivity index (χ1) is 15.9. The minimum Gasteiger partial charge on any atom is -0.479 e. The van der Waals surface area contributed by atoms with Crippen LogP contribution in [0.5, 0.6) is 0 Å². The lowest BCUT2D eigenvalue weighted by Gasteiger charge is -2.15. The fourth-order valence-corrected chi connectivity index (χ4v) is 4.04. The van der Waals surface area contributed by atoms with Crippen LogP contribution in [-0.2, 0) is 21.4 Å². The number of aliphatic carboxylic acids is 1. The van der Waals surface area contributed by atoms with Gasteiger partial charge in [0.05, 0.1) is 6.20 Å². The zero-order valence-corrected chi connectivity index (χ0v) is 18.0. The molecule has 2 amide bonds. The average molecular weight is 448 g/mol. The van der Waals surface area contributed by atoms with Crippen LogP contribution < -0.4 is 10.6 Å². The van der Waals surface area contributed by atoms with Gasteiger partial charge in [-0.05, 0) is 22.3 Å². The van der Waals surface area contributed by atoms with E-state index in [1.165, 1.54) is 17.1 Å². The van der Waals surface area contributed by atoms with Crippen LogP contribution >= 0.6 is 0 Å². The number of benzene rings is 2. The third-order valence-corrected chi connectivity index (χ3v) is 5.58. The smallest absolute Gasteiger partial charge is 0.407 e. The van der Waals surface area contributed by atoms with Crippen LogP contribution in [0.4, 0.5) is 4.79 Å². The van der Waals surface area contributed by atoms with Crippen molar-refractivity contribution in [2.24, 2.45) is 7.05 Å². The number of aryl methyl sites for hydroxylation is 1. The standard InChI is InChI=1S/C24H24N4O5/c1-28-13-15(12-26-28)22(23(30)31)27-21(29)10-11-25-24(32)33-14-20-18-8-4-2-6-16(18)17-7-3-5-9-19(17)20/h2-9,12-13,20,22H,10-11,14H2,1H3,(H,25,32)(H,27,29)(H,30,31). The molecule has 0 bridgehead atoms. The highest BCUT2D eigenvalue weighted by atomic mass is 16.5. The van der Waals surface area contributed by atoms with E-state index >= 15 is 0 Å². The summed E-state index contributed by atoms with van der Waals surface area (Å²) in [7, 11) is 1.66. The van der Waals surface area contributed by atoms with E-state index in [0.29, 0.717) is 5.56 Å². The molecule has 9 heteroatoms. The number of amides is 2. The van der Waals surface area contributed by atoms with E-state index in [1.807, 2.05) is 36.4 Å². The molecule has 0 aliphatic heterocycles. The van der Waals surface area contributed by atoms with Gasteiger partial charge in [0.2, 0.25) is 5.91 Å². The molecule has 1 heterocycles. The minimum atomic E-state index is -1.21. The van der Waals surface area contributed by atoms with Crippen molar-refractivity contribution in [1.29, 1.82) is 0 Å². The number of ether oxygens (including phenoxy) is 1. The van der Waals surface area contributed by atoms with Gasteiger partial charge in [-0.15, -0.1) is 0 Å². The lowest BCUT2D eigenvalue weighted by atomic mass is 9.98. The van der Waals surface area contributed by atoms with Crippen molar-refractivity contribution in [2.45, 2.75) is 18.4 Å². The Kier molecular flexibility index (Phi) is 6.39. The fraction of sp³-hybridized carbons (Fsp3) is 0.250. The van der Waals surface area contributed by atoms with Crippen LogP contribution in [0.15, 0.2) is 60.9 Å². The number of nitrogens with one attached hydrogen (secondary N) is 2. The van der Waals surface area contributed by atoms with Crippen molar-refractivity contribution in [3.05, 3.63) is 77.6 Å². The number of carboxylic acid groups (broad SMARTS) is 1. The zero-order valence-electron chi connectivity index (χ0n) is 18.0. The first kappa shape index (κ1) is 22.1. The van der Waals surface area contributed by atoms with Gasteiger partial charge >= 0.3 is 12.1 Å². The number of nitrogens with zero attached hydrogens (tertiary/aromatic N) is 2. The van der Waals surface area contributed by atoms with Crippen LogP contribution in [-0.4, -0.2) is 46.0 Å². The second-order valence-electron chi connectivity index (χ2n) is 7.79. The maximum absolute atomic E-state index is 12.2. The van der Waals surface area contributed by atoms with Gasteiger partial charge in [-0.25, -0.2) is 9.59 Å². The SMILES string of the molecule is Cn1cc(C(NC(=O)CCNC(=O)OCC2c3ccccc3-c3ccccc32)C(=O)O)cn1. The van der Waals surface area contributed by atoms with Gasteiger partial charge in [0.1, 0.15) is 6.61 Å². The van der Waals surface area contributed by atoms with E-state index in [4.69, 9.17) is 4.74 Å². The molecule has 1 aliphatic carbocycles. The normalized spacial score (nSPS) is 13.0. The van der Waals surface area contributed by atoms with E-state index in [-0.39, 0.29) is 25.5 Å². The van der Waals surface area contributed by atoms with Crippen molar-refractivity contribution in [1.82, 2.24) is 20.4 Å². The summed E-state index contributed by atoms with van der Waals surface area (Å²) in [5, 5.41) is 18.3. The van der Waals surface area contributed by atoms with Gasteiger partial charge in [-0.1, -0.05) is 48.5 Å². The number of carboxylic acids is 1. The lowest BCUT2D eigenvalue weighted by molar-refractivity contribution is -0.142. The summed E-state index contributed by atoms with van der Waals surface area (Å²) in [6.07, 6.45) is 2.18. The number of hydrogen-bond acceptors (Lipinski definition) is 5. The van der Waals surface area contributed by atoms with Crippen LogP contribution in [0.25, 0.3) is 11.1 Å². The van der Waals surface area contributed by atoms with Crippen molar-refractivity contribution in [3.8, 4) is 11.1 Å². The van der Waals surface area contributed by atoms with Gasteiger partial charge in [0, 0.05) is 37.7 Å². The number of carbonyl (C=O) groups is 3. The van der Waals surface area contributed by atoms with Crippen molar-refractivity contribution in [3.63, 3.8) is 0 Å². The van der Waals surface area contributed by atoms with Crippen LogP contribution in [0.1, 0.15) is 35.1 Å². The average Bonchev–Trinajstić information content (AvgIpc) is 3.37. The number of fused-ring (bicyclic) bond motifs is 3. The third-order valence-electron chi connectivity index (χ3n) is 5.58. The van der Waals surface area contributed by atoms with Gasteiger partial charge in [-0.2, -0.15) is 5.10 Å². The molecule has 0 saturated carbocycles. The van der Waals surface area contributed by atoms with E-state index in [1.54, 1.807) is 7.05 Å². The Bertz CT molecular complexity index is 1140. The van der Waals surface area contributed by atoms with Crippen molar-refractivity contribution < 1.29 is 24.2 Å². The summed E-state index contributed by atoms with van der Waals surface area (Å²) < 4.78 is 6.88. The highest BCUT2D eigenvalue weighted by Gasteiger charge is 2.29. The monoisotopic (exact) mass is 448 g/mol. The third kappa shape index (κ3) is 4.87. The van der Waals surface area contributed by atoms with E-state index < -0.39 is 24.0 Å². The molecule has 9 nitrogen and oxygen atoms in total. The second-order valence-corrected chi connectivity index (χ2v) is 7.79. The summed E-state index contributed by atoms with van der Waals surface area (Å²) in [4.78, 5) is 35.8. The summed E-state index contributed by atoms with van der Waals surface area (Å²) >= 11 is 0. The molecular formula is C24H24N4O5. The van der Waals surface area contributed by atoms with Crippen LogP contribution in [0, 0.1) is 0 Å². The Labute approximate surface area is 190 Å². The molecule has 0 saturated heterocycles. The second kappa shape index (κ2) is 9.56. The highest BCUT2D eigenvalue weighted by molar-refractivity contribution is 5.84. The first-order valence-corrected chi connectivity index (χ1v) is 10.5. The first-order valence-electron chi connectivity index (χ1n) is 10.5. The van der Waals surface area contributed by atoms with Gasteiger partial charge in [0.25, 0.3) is 0 Å². The van der Waals surface area contributed by atoms with Gasteiger partial charge in [-0.3, -0.25) is 9.48 Å². The number of alkyl carbamates (subject to hydrolysis) is 1. The highest BCUT2D eigenvalue weighted by Crippen LogP contribution is 2.44. The van der Waals surface area contributed by atoms with E-state index in [2.05, 4.69) is 27.9 Å². The van der Waals surface area contributed by atoms with Crippen molar-refractivity contribution in [2.75, 3.05) is 13.2 Å². The molecule has 3 aromatic rings. The zero-order chi connectivity index (χ0) is 23.4. The molecule has 1 aromatic heterocycles. The molecule has 3 N–H and O–H groups in total. The molecule has 33 heavy (non-hydrogen) atoms. The molecule has 4 rings (SSSR count). The molecule has 170 valence electrons. The molecule has 1 aliphatic rings. The van der Waals surface area contributed by atoms with Gasteiger partial charge in [0.15, 0.2) is 6.04 Å².